The number of aliphatic imine (C=N–C) groups is 2. The lowest BCUT2D eigenvalue weighted by Gasteiger charge is -2.26. The number of fused-ring (bicyclic) bond motifs is 4. The number of benzene rings is 10. The maximum atomic E-state index is 5.50. The minimum atomic E-state index is -0.381. The van der Waals surface area contributed by atoms with E-state index in [1.54, 1.807) is 0 Å². The molecule has 11 rings (SSSR count). The van der Waals surface area contributed by atoms with E-state index in [4.69, 9.17) is 9.98 Å². The molecule has 0 aliphatic carbocycles. The van der Waals surface area contributed by atoms with E-state index in [1.807, 2.05) is 6.07 Å². The topological polar surface area (TPSA) is 36.8 Å². The second-order valence-corrected chi connectivity index (χ2v) is 14.9. The third-order valence-corrected chi connectivity index (χ3v) is 11.5. The molecule has 1 N–H and O–H groups in total. The number of rotatable bonds is 6. The van der Waals surface area contributed by atoms with Crippen molar-refractivity contribution in [3.05, 3.63) is 229 Å². The Morgan fingerprint density at radius 2 is 0.810 bits per heavy atom. The summed E-state index contributed by atoms with van der Waals surface area (Å²) in [6.07, 6.45) is -0.381. The van der Waals surface area contributed by atoms with Crippen molar-refractivity contribution in [1.82, 2.24) is 5.32 Å². The Kier molecular flexibility index (Phi) is 8.22. The second kappa shape index (κ2) is 14.1. The Labute approximate surface area is 337 Å². The highest BCUT2D eigenvalue weighted by atomic mass is 15.2. The van der Waals surface area contributed by atoms with Crippen LogP contribution in [0.1, 0.15) is 22.9 Å². The average molecular weight is 740 g/mol. The van der Waals surface area contributed by atoms with Gasteiger partial charge in [0.25, 0.3) is 0 Å². The molecule has 0 spiro atoms. The summed E-state index contributed by atoms with van der Waals surface area (Å²) in [5.74, 6) is 1.50. The smallest absolute Gasteiger partial charge is 0.160 e. The first-order valence-corrected chi connectivity index (χ1v) is 19.9. The van der Waals surface area contributed by atoms with Gasteiger partial charge in [-0.2, -0.15) is 0 Å². The third kappa shape index (κ3) is 5.75. The molecule has 1 aliphatic heterocycles. The van der Waals surface area contributed by atoms with Crippen molar-refractivity contribution in [3.8, 4) is 33.4 Å². The summed E-state index contributed by atoms with van der Waals surface area (Å²) in [7, 11) is 0. The minimum absolute atomic E-state index is 0.381. The SMILES string of the molecule is c1ccc(C2=NC(c3ccc(-c4c5ccccc5c(-c5ccccc5)c5ccccc45)c4ccccc34)=NC(c3cc(-c4ccccc4)cc4ccccc34)N2)cc1. The van der Waals surface area contributed by atoms with Crippen molar-refractivity contribution in [1.29, 1.82) is 0 Å². The molecule has 3 heteroatoms. The first kappa shape index (κ1) is 33.7. The van der Waals surface area contributed by atoms with Crippen LogP contribution >= 0.6 is 0 Å². The molecule has 10 aromatic rings. The summed E-state index contributed by atoms with van der Waals surface area (Å²) < 4.78 is 0. The summed E-state index contributed by atoms with van der Waals surface area (Å²) in [5.41, 5.74) is 10.3. The number of hydrogen-bond donors (Lipinski definition) is 1. The van der Waals surface area contributed by atoms with Crippen LogP contribution in [-0.2, 0) is 0 Å². The molecule has 272 valence electrons. The normalized spacial score (nSPS) is 14.0. The van der Waals surface area contributed by atoms with Crippen molar-refractivity contribution in [2.24, 2.45) is 9.98 Å². The molecule has 0 amide bonds. The molecular formula is C55H37N3. The number of nitrogens with zero attached hydrogens (tertiary/aromatic N) is 2. The molecule has 0 aromatic heterocycles. The third-order valence-electron chi connectivity index (χ3n) is 11.5. The maximum absolute atomic E-state index is 5.50. The monoisotopic (exact) mass is 739 g/mol. The van der Waals surface area contributed by atoms with Gasteiger partial charge in [0, 0.05) is 16.7 Å². The molecular weight excluding hydrogens is 703 g/mol. The summed E-state index contributed by atoms with van der Waals surface area (Å²) >= 11 is 0. The predicted molar refractivity (Wildman–Crippen MR) is 245 cm³/mol. The van der Waals surface area contributed by atoms with Crippen LogP contribution in [0.3, 0.4) is 0 Å². The lowest BCUT2D eigenvalue weighted by Crippen LogP contribution is -2.33. The fraction of sp³-hybridized carbons (Fsp3) is 0.0182. The first-order valence-electron chi connectivity index (χ1n) is 19.9. The second-order valence-electron chi connectivity index (χ2n) is 14.9. The lowest BCUT2D eigenvalue weighted by molar-refractivity contribution is 0.680. The minimum Gasteiger partial charge on any atom is -0.344 e. The zero-order chi connectivity index (χ0) is 38.4. The molecule has 0 radical (unpaired) electrons. The van der Waals surface area contributed by atoms with Crippen molar-refractivity contribution in [2.45, 2.75) is 6.17 Å². The van der Waals surface area contributed by atoms with Crippen LogP contribution in [0.25, 0.3) is 76.5 Å². The van der Waals surface area contributed by atoms with Gasteiger partial charge >= 0.3 is 0 Å². The molecule has 1 aliphatic rings. The zero-order valence-electron chi connectivity index (χ0n) is 31.7. The fourth-order valence-corrected chi connectivity index (χ4v) is 8.88. The summed E-state index contributed by atoms with van der Waals surface area (Å²) in [6, 6.07) is 75.9. The summed E-state index contributed by atoms with van der Waals surface area (Å²) in [4.78, 5) is 10.8. The standard InChI is InChI=1S/C55H37N3/c1-4-18-36(19-5-1)40-34-39-24-10-11-25-41(39)50(35-40)55-57-53(38-22-8-3-9-23-38)56-54(58-55)49-33-32-48(42-26-12-13-27-43(42)49)52-46-30-16-14-28-44(46)51(37-20-6-2-7-21-37)45-29-15-17-31-47(45)52/h1-35,55H,(H,56,57,58). The summed E-state index contributed by atoms with van der Waals surface area (Å²) in [5, 5.41) is 13.3. The molecule has 1 heterocycles. The van der Waals surface area contributed by atoms with Crippen LogP contribution in [0, 0.1) is 0 Å². The van der Waals surface area contributed by atoms with Crippen molar-refractivity contribution >= 4 is 54.8 Å². The van der Waals surface area contributed by atoms with Gasteiger partial charge in [0.15, 0.2) is 5.84 Å². The molecule has 1 atom stereocenters. The largest absolute Gasteiger partial charge is 0.344 e. The van der Waals surface area contributed by atoms with E-state index in [0.717, 1.165) is 44.2 Å². The highest BCUT2D eigenvalue weighted by Gasteiger charge is 2.25. The number of hydrogen-bond acceptors (Lipinski definition) is 3. The van der Waals surface area contributed by atoms with E-state index in [1.165, 1.54) is 54.7 Å². The molecule has 0 saturated carbocycles. The Hall–Kier alpha value is -7.62. The molecule has 3 nitrogen and oxygen atoms in total. The quantitative estimate of drug-likeness (QED) is 0.169. The molecule has 0 saturated heterocycles. The Morgan fingerprint density at radius 3 is 1.43 bits per heavy atom. The van der Waals surface area contributed by atoms with Gasteiger partial charge in [-0.15, -0.1) is 0 Å². The molecule has 1 unspecified atom stereocenters. The molecule has 58 heavy (non-hydrogen) atoms. The van der Waals surface area contributed by atoms with E-state index in [0.29, 0.717) is 5.84 Å². The maximum Gasteiger partial charge on any atom is 0.160 e. The molecule has 0 bridgehead atoms. The van der Waals surface area contributed by atoms with Crippen LogP contribution in [0.4, 0.5) is 0 Å². The fourth-order valence-electron chi connectivity index (χ4n) is 8.88. The van der Waals surface area contributed by atoms with Crippen molar-refractivity contribution < 1.29 is 0 Å². The molecule has 10 aromatic carbocycles. The van der Waals surface area contributed by atoms with Crippen molar-refractivity contribution in [2.75, 3.05) is 0 Å². The van der Waals surface area contributed by atoms with Crippen LogP contribution in [0.2, 0.25) is 0 Å². The van der Waals surface area contributed by atoms with E-state index < -0.39 is 0 Å². The number of amidine groups is 2. The van der Waals surface area contributed by atoms with Crippen LogP contribution < -0.4 is 5.32 Å². The summed E-state index contributed by atoms with van der Waals surface area (Å²) in [6.45, 7) is 0. The first-order chi connectivity index (χ1) is 28.8. The van der Waals surface area contributed by atoms with Gasteiger partial charge in [-0.3, -0.25) is 0 Å². The van der Waals surface area contributed by atoms with Gasteiger partial charge in [-0.05, 0) is 94.7 Å². The van der Waals surface area contributed by atoms with E-state index in [2.05, 4.69) is 212 Å². The Morgan fingerprint density at radius 1 is 0.345 bits per heavy atom. The van der Waals surface area contributed by atoms with Gasteiger partial charge in [0.1, 0.15) is 12.0 Å². The van der Waals surface area contributed by atoms with Gasteiger partial charge in [-0.25, -0.2) is 9.98 Å². The highest BCUT2D eigenvalue weighted by Crippen LogP contribution is 2.46. The highest BCUT2D eigenvalue weighted by molar-refractivity contribution is 6.25. The Balaban J connectivity index is 1.14. The van der Waals surface area contributed by atoms with Gasteiger partial charge < -0.3 is 5.32 Å². The van der Waals surface area contributed by atoms with Crippen LogP contribution in [0.15, 0.2) is 222 Å². The number of nitrogens with one attached hydrogen (secondary N) is 1. The lowest BCUT2D eigenvalue weighted by atomic mass is 9.84. The molecule has 0 fully saturated rings. The van der Waals surface area contributed by atoms with E-state index >= 15 is 0 Å². The van der Waals surface area contributed by atoms with Crippen LogP contribution in [0.5, 0.6) is 0 Å². The van der Waals surface area contributed by atoms with Crippen LogP contribution in [-0.4, -0.2) is 11.7 Å². The zero-order valence-corrected chi connectivity index (χ0v) is 31.7. The van der Waals surface area contributed by atoms with E-state index in [9.17, 15) is 0 Å². The van der Waals surface area contributed by atoms with Gasteiger partial charge in [0.05, 0.1) is 0 Å². The Bertz CT molecular complexity index is 3180. The average Bonchev–Trinajstić information content (AvgIpc) is 3.31. The van der Waals surface area contributed by atoms with E-state index in [-0.39, 0.29) is 6.17 Å². The van der Waals surface area contributed by atoms with Gasteiger partial charge in [-0.1, -0.05) is 194 Å². The predicted octanol–water partition coefficient (Wildman–Crippen LogP) is 13.8. The van der Waals surface area contributed by atoms with Crippen molar-refractivity contribution in [3.63, 3.8) is 0 Å². The van der Waals surface area contributed by atoms with Gasteiger partial charge in [0.2, 0.25) is 0 Å².